The molecule has 0 aliphatic carbocycles. The maximum absolute atomic E-state index is 12.4. The summed E-state index contributed by atoms with van der Waals surface area (Å²) in [5, 5.41) is 7.77. The second-order valence-electron chi connectivity index (χ2n) is 7.33. The third-order valence-corrected chi connectivity index (χ3v) is 5.02. The smallest absolute Gasteiger partial charge is 0.230 e. The van der Waals surface area contributed by atoms with Crippen molar-refractivity contribution in [2.24, 2.45) is 0 Å². The van der Waals surface area contributed by atoms with Gasteiger partial charge < -0.3 is 24.3 Å². The number of nitrogens with zero attached hydrogens (tertiary/aromatic N) is 4. The number of aromatic nitrogens is 4. The summed E-state index contributed by atoms with van der Waals surface area (Å²) in [7, 11) is 4.78. The minimum absolute atomic E-state index is 0.124. The molecular weight excluding hydrogens is 438 g/mol. The Kier molecular flexibility index (Phi) is 7.19. The molecule has 10 heteroatoms. The maximum Gasteiger partial charge on any atom is 0.230 e. The Hall–Kier alpha value is -4.18. The van der Waals surface area contributed by atoms with E-state index < -0.39 is 0 Å². The van der Waals surface area contributed by atoms with E-state index in [4.69, 9.17) is 18.9 Å². The molecular formula is C24H25N5O5. The number of carbonyl (C=O) groups is 1. The van der Waals surface area contributed by atoms with E-state index in [0.717, 1.165) is 5.39 Å². The topological polar surface area (TPSA) is 110 Å². The molecule has 10 nitrogen and oxygen atoms in total. The van der Waals surface area contributed by atoms with Crippen molar-refractivity contribution in [3.05, 3.63) is 60.8 Å². The van der Waals surface area contributed by atoms with Gasteiger partial charge >= 0.3 is 0 Å². The third-order valence-electron chi connectivity index (χ3n) is 5.02. The molecule has 0 radical (unpaired) electrons. The van der Waals surface area contributed by atoms with Crippen LogP contribution in [0.25, 0.3) is 10.9 Å². The van der Waals surface area contributed by atoms with Gasteiger partial charge in [0.15, 0.2) is 11.5 Å². The second-order valence-corrected chi connectivity index (χ2v) is 7.33. The Morgan fingerprint density at radius 2 is 1.82 bits per heavy atom. The lowest BCUT2D eigenvalue weighted by atomic mass is 10.2. The number of benzene rings is 1. The lowest BCUT2D eigenvalue weighted by Gasteiger charge is -2.12. The SMILES string of the molecule is COCCn1cc(NC(=O)Cc2ccc(Oc3ccnc4cc(OC)c(OC)cc34)cn2)cn1. The number of anilines is 1. The first-order chi connectivity index (χ1) is 16.6. The highest BCUT2D eigenvalue weighted by molar-refractivity contribution is 5.91. The molecule has 0 bridgehead atoms. The third kappa shape index (κ3) is 5.41. The fourth-order valence-corrected chi connectivity index (χ4v) is 3.34. The monoisotopic (exact) mass is 463 g/mol. The highest BCUT2D eigenvalue weighted by atomic mass is 16.5. The summed E-state index contributed by atoms with van der Waals surface area (Å²) in [5.74, 6) is 2.12. The number of fused-ring (bicyclic) bond motifs is 1. The van der Waals surface area contributed by atoms with Gasteiger partial charge in [-0.2, -0.15) is 5.10 Å². The summed E-state index contributed by atoms with van der Waals surface area (Å²) >= 11 is 0. The highest BCUT2D eigenvalue weighted by Gasteiger charge is 2.12. The molecule has 0 saturated heterocycles. The normalized spacial score (nSPS) is 10.8. The molecule has 3 aromatic heterocycles. The lowest BCUT2D eigenvalue weighted by Crippen LogP contribution is -2.14. The van der Waals surface area contributed by atoms with Gasteiger partial charge in [-0.25, -0.2) is 0 Å². The molecule has 0 spiro atoms. The van der Waals surface area contributed by atoms with E-state index in [0.29, 0.717) is 53.0 Å². The first kappa shape index (κ1) is 23.0. The van der Waals surface area contributed by atoms with Gasteiger partial charge in [0.1, 0.15) is 11.5 Å². The van der Waals surface area contributed by atoms with Gasteiger partial charge in [-0.3, -0.25) is 19.4 Å². The van der Waals surface area contributed by atoms with Crippen LogP contribution in [0.1, 0.15) is 5.69 Å². The Morgan fingerprint density at radius 1 is 1.00 bits per heavy atom. The van der Waals surface area contributed by atoms with Gasteiger partial charge in [0.2, 0.25) is 5.91 Å². The van der Waals surface area contributed by atoms with Crippen LogP contribution in [0.2, 0.25) is 0 Å². The van der Waals surface area contributed by atoms with Gasteiger partial charge in [-0.05, 0) is 24.3 Å². The number of amides is 1. The minimum Gasteiger partial charge on any atom is -0.493 e. The molecule has 0 atom stereocenters. The molecule has 176 valence electrons. The molecule has 0 aliphatic heterocycles. The molecule has 1 aromatic carbocycles. The van der Waals surface area contributed by atoms with Gasteiger partial charge in [-0.15, -0.1) is 0 Å². The zero-order valence-corrected chi connectivity index (χ0v) is 19.1. The first-order valence-electron chi connectivity index (χ1n) is 10.5. The van der Waals surface area contributed by atoms with Gasteiger partial charge in [0.05, 0.1) is 57.4 Å². The van der Waals surface area contributed by atoms with Crippen LogP contribution in [0, 0.1) is 0 Å². The van der Waals surface area contributed by atoms with Gasteiger partial charge in [-0.1, -0.05) is 0 Å². The van der Waals surface area contributed by atoms with Crippen molar-refractivity contribution in [3.8, 4) is 23.0 Å². The summed E-state index contributed by atoms with van der Waals surface area (Å²) in [4.78, 5) is 21.1. The van der Waals surface area contributed by atoms with E-state index in [1.807, 2.05) is 6.07 Å². The van der Waals surface area contributed by atoms with Crippen LogP contribution in [-0.4, -0.2) is 53.6 Å². The van der Waals surface area contributed by atoms with Crippen molar-refractivity contribution in [2.45, 2.75) is 13.0 Å². The fourth-order valence-electron chi connectivity index (χ4n) is 3.34. The predicted molar refractivity (Wildman–Crippen MR) is 126 cm³/mol. The van der Waals surface area contributed by atoms with Crippen LogP contribution < -0.4 is 19.5 Å². The van der Waals surface area contributed by atoms with E-state index >= 15 is 0 Å². The number of nitrogens with one attached hydrogen (secondary N) is 1. The molecule has 0 saturated carbocycles. The van der Waals surface area contributed by atoms with Crippen LogP contribution in [0.5, 0.6) is 23.0 Å². The number of rotatable bonds is 10. The Labute approximate surface area is 196 Å². The van der Waals surface area contributed by atoms with Crippen molar-refractivity contribution >= 4 is 22.5 Å². The minimum atomic E-state index is -0.186. The van der Waals surface area contributed by atoms with Crippen LogP contribution in [0.3, 0.4) is 0 Å². The summed E-state index contributed by atoms with van der Waals surface area (Å²) < 4.78 is 23.5. The molecule has 0 unspecified atom stereocenters. The molecule has 3 heterocycles. The lowest BCUT2D eigenvalue weighted by molar-refractivity contribution is -0.115. The summed E-state index contributed by atoms with van der Waals surface area (Å²) in [5.41, 5.74) is 1.95. The van der Waals surface area contributed by atoms with E-state index in [9.17, 15) is 4.79 Å². The van der Waals surface area contributed by atoms with Crippen molar-refractivity contribution in [1.29, 1.82) is 0 Å². The number of methoxy groups -OCH3 is 3. The second kappa shape index (κ2) is 10.6. The van der Waals surface area contributed by atoms with Crippen molar-refractivity contribution in [3.63, 3.8) is 0 Å². The zero-order valence-electron chi connectivity index (χ0n) is 19.1. The largest absolute Gasteiger partial charge is 0.493 e. The average Bonchev–Trinajstić information content (AvgIpc) is 3.30. The first-order valence-corrected chi connectivity index (χ1v) is 10.5. The summed E-state index contributed by atoms with van der Waals surface area (Å²) in [6, 6.07) is 8.90. The molecule has 4 rings (SSSR count). The molecule has 0 aliphatic rings. The number of pyridine rings is 2. The highest BCUT2D eigenvalue weighted by Crippen LogP contribution is 2.36. The van der Waals surface area contributed by atoms with Crippen molar-refractivity contribution in [1.82, 2.24) is 19.7 Å². The van der Waals surface area contributed by atoms with Gasteiger partial charge in [0, 0.05) is 36.7 Å². The summed E-state index contributed by atoms with van der Waals surface area (Å²) in [6.07, 6.45) is 6.72. The average molecular weight is 463 g/mol. The standard InChI is InChI=1S/C24H25N5O5/c1-31-9-8-29-15-17(13-27-29)28-24(30)10-16-4-5-18(14-26-16)34-21-6-7-25-20-12-23(33-3)22(32-2)11-19(20)21/h4-7,11-15H,8-10H2,1-3H3,(H,28,30). The van der Waals surface area contributed by atoms with Crippen LogP contribution >= 0.6 is 0 Å². The van der Waals surface area contributed by atoms with E-state index in [-0.39, 0.29) is 12.3 Å². The maximum atomic E-state index is 12.4. The number of carbonyl (C=O) groups excluding carboxylic acids is 1. The number of hydrogen-bond acceptors (Lipinski definition) is 8. The number of ether oxygens (including phenoxy) is 4. The molecule has 4 aromatic rings. The number of hydrogen-bond donors (Lipinski definition) is 1. The molecule has 1 amide bonds. The van der Waals surface area contributed by atoms with Crippen molar-refractivity contribution in [2.75, 3.05) is 33.3 Å². The Morgan fingerprint density at radius 3 is 2.56 bits per heavy atom. The predicted octanol–water partition coefficient (Wildman–Crippen LogP) is 3.46. The molecule has 0 fully saturated rings. The molecule has 34 heavy (non-hydrogen) atoms. The van der Waals surface area contributed by atoms with Gasteiger partial charge in [0.25, 0.3) is 0 Å². The Balaban J connectivity index is 1.41. The molecule has 1 N–H and O–H groups in total. The van der Waals surface area contributed by atoms with E-state index in [1.165, 1.54) is 0 Å². The van der Waals surface area contributed by atoms with Crippen LogP contribution in [0.15, 0.2) is 55.1 Å². The zero-order chi connectivity index (χ0) is 23.9. The Bertz CT molecular complexity index is 1270. The van der Waals surface area contributed by atoms with Crippen LogP contribution in [-0.2, 0) is 22.5 Å². The van der Waals surface area contributed by atoms with E-state index in [2.05, 4.69) is 20.4 Å². The fraction of sp³-hybridized carbons (Fsp3) is 0.250. The quantitative estimate of drug-likeness (QED) is 0.381. The van der Waals surface area contributed by atoms with Crippen LogP contribution in [0.4, 0.5) is 5.69 Å². The summed E-state index contributed by atoms with van der Waals surface area (Å²) in [6.45, 7) is 1.16. The van der Waals surface area contributed by atoms with Crippen molar-refractivity contribution < 1.29 is 23.7 Å². The van der Waals surface area contributed by atoms with E-state index in [1.54, 1.807) is 75.1 Å².